The number of hydrogen-bond acceptors (Lipinski definition) is 4. The van der Waals surface area contributed by atoms with Gasteiger partial charge in [0.05, 0.1) is 6.21 Å². The van der Waals surface area contributed by atoms with Crippen molar-refractivity contribution in [1.29, 1.82) is 0 Å². The number of para-hydroxylation sites is 1. The third-order valence-electron chi connectivity index (χ3n) is 1.88. The van der Waals surface area contributed by atoms with Crippen molar-refractivity contribution in [2.24, 2.45) is 5.16 Å². The molecular formula is C11H16ClFN2O2. The number of aromatic hydroxyl groups is 1. The first-order chi connectivity index (χ1) is 7.74. The maximum Gasteiger partial charge on any atom is 0.149 e. The number of benzene rings is 1. The van der Waals surface area contributed by atoms with Gasteiger partial charge in [-0.05, 0) is 19.2 Å². The van der Waals surface area contributed by atoms with E-state index in [1.165, 1.54) is 6.21 Å². The molecule has 17 heavy (non-hydrogen) atoms. The topological polar surface area (TPSA) is 53.8 Å². The summed E-state index contributed by atoms with van der Waals surface area (Å²) in [5, 5.41) is 15.6. The van der Waals surface area contributed by atoms with Crippen molar-refractivity contribution < 1.29 is 14.3 Å². The smallest absolute Gasteiger partial charge is 0.149 e. The molecule has 0 aliphatic heterocycles. The zero-order valence-corrected chi connectivity index (χ0v) is 10.3. The molecule has 0 saturated heterocycles. The van der Waals surface area contributed by atoms with Gasteiger partial charge < -0.3 is 15.3 Å². The van der Waals surface area contributed by atoms with Crippen LogP contribution in [0.25, 0.3) is 0 Å². The SMILES string of the molecule is CNCC(F)CO/N=C/c1ccccc1O.Cl. The minimum atomic E-state index is -1.09. The van der Waals surface area contributed by atoms with E-state index in [1.54, 1.807) is 31.3 Å². The van der Waals surface area contributed by atoms with Crippen molar-refractivity contribution in [2.75, 3.05) is 20.2 Å². The second-order valence-electron chi connectivity index (χ2n) is 3.24. The van der Waals surface area contributed by atoms with Crippen molar-refractivity contribution in [3.05, 3.63) is 29.8 Å². The van der Waals surface area contributed by atoms with Gasteiger partial charge in [-0.25, -0.2) is 4.39 Å². The lowest BCUT2D eigenvalue weighted by molar-refractivity contribution is 0.0881. The van der Waals surface area contributed by atoms with E-state index in [9.17, 15) is 9.50 Å². The van der Waals surface area contributed by atoms with E-state index in [2.05, 4.69) is 10.5 Å². The summed E-state index contributed by atoms with van der Waals surface area (Å²) < 4.78 is 12.9. The Morgan fingerprint density at radius 3 is 2.88 bits per heavy atom. The quantitative estimate of drug-likeness (QED) is 0.606. The number of rotatable bonds is 6. The van der Waals surface area contributed by atoms with Crippen molar-refractivity contribution in [1.82, 2.24) is 5.32 Å². The van der Waals surface area contributed by atoms with E-state index in [4.69, 9.17) is 4.84 Å². The summed E-state index contributed by atoms with van der Waals surface area (Å²) in [6, 6.07) is 6.70. The molecule has 1 atom stereocenters. The lowest BCUT2D eigenvalue weighted by Crippen LogP contribution is -2.23. The van der Waals surface area contributed by atoms with Gasteiger partial charge in [-0.3, -0.25) is 0 Å². The third kappa shape index (κ3) is 6.09. The summed E-state index contributed by atoms with van der Waals surface area (Å²) in [6.45, 7) is 0.122. The summed E-state index contributed by atoms with van der Waals surface area (Å²) in [4.78, 5) is 4.75. The molecular weight excluding hydrogens is 247 g/mol. The summed E-state index contributed by atoms with van der Waals surface area (Å²) >= 11 is 0. The van der Waals surface area contributed by atoms with Crippen LogP contribution in [-0.2, 0) is 4.84 Å². The zero-order chi connectivity index (χ0) is 11.8. The van der Waals surface area contributed by atoms with E-state index in [0.717, 1.165) is 0 Å². The number of nitrogens with one attached hydrogen (secondary N) is 1. The number of phenolic OH excluding ortho intramolecular Hbond substituents is 1. The molecule has 0 spiro atoms. The number of oxime groups is 1. The number of phenols is 1. The fourth-order valence-electron chi connectivity index (χ4n) is 1.10. The average molecular weight is 263 g/mol. The largest absolute Gasteiger partial charge is 0.507 e. The predicted molar refractivity (Wildman–Crippen MR) is 67.7 cm³/mol. The maximum absolute atomic E-state index is 12.9. The Bertz CT molecular complexity index is 350. The first-order valence-corrected chi connectivity index (χ1v) is 4.96. The molecule has 0 aliphatic rings. The van der Waals surface area contributed by atoms with Gasteiger partial charge in [0.25, 0.3) is 0 Å². The molecule has 6 heteroatoms. The molecule has 0 aromatic heterocycles. The molecule has 1 aromatic rings. The van der Waals surface area contributed by atoms with Gasteiger partial charge in [-0.1, -0.05) is 17.3 Å². The van der Waals surface area contributed by atoms with Crippen LogP contribution in [0, 0.1) is 0 Å². The van der Waals surface area contributed by atoms with Gasteiger partial charge in [0.15, 0.2) is 0 Å². The van der Waals surface area contributed by atoms with Crippen LogP contribution in [0.3, 0.4) is 0 Å². The normalized spacial score (nSPS) is 12.1. The number of hydrogen-bond donors (Lipinski definition) is 2. The molecule has 0 heterocycles. The monoisotopic (exact) mass is 262 g/mol. The molecule has 0 aliphatic carbocycles. The summed E-state index contributed by atoms with van der Waals surface area (Å²) in [5.74, 6) is 0.113. The Morgan fingerprint density at radius 1 is 1.53 bits per heavy atom. The number of nitrogens with zero attached hydrogens (tertiary/aromatic N) is 1. The molecule has 96 valence electrons. The van der Waals surface area contributed by atoms with Gasteiger partial charge in [0.1, 0.15) is 18.5 Å². The lowest BCUT2D eigenvalue weighted by Gasteiger charge is -2.04. The van der Waals surface area contributed by atoms with Crippen LogP contribution in [0.4, 0.5) is 4.39 Å². The van der Waals surface area contributed by atoms with Gasteiger partial charge in [0, 0.05) is 12.1 Å². The van der Waals surface area contributed by atoms with Crippen molar-refractivity contribution in [3.63, 3.8) is 0 Å². The van der Waals surface area contributed by atoms with Crippen LogP contribution in [0.2, 0.25) is 0 Å². The van der Waals surface area contributed by atoms with E-state index >= 15 is 0 Å². The van der Waals surface area contributed by atoms with Crippen LogP contribution in [0.15, 0.2) is 29.4 Å². The first-order valence-electron chi connectivity index (χ1n) is 4.96. The Labute approximate surface area is 106 Å². The number of halogens is 2. The second-order valence-corrected chi connectivity index (χ2v) is 3.24. The molecule has 0 bridgehead atoms. The minimum Gasteiger partial charge on any atom is -0.507 e. The van der Waals surface area contributed by atoms with Gasteiger partial charge in [0.2, 0.25) is 0 Å². The second kappa shape index (κ2) is 8.78. The van der Waals surface area contributed by atoms with Gasteiger partial charge in [-0.2, -0.15) is 0 Å². The fraction of sp³-hybridized carbons (Fsp3) is 0.364. The highest BCUT2D eigenvalue weighted by atomic mass is 35.5. The van der Waals surface area contributed by atoms with Crippen LogP contribution >= 0.6 is 12.4 Å². The third-order valence-corrected chi connectivity index (χ3v) is 1.88. The van der Waals surface area contributed by atoms with E-state index < -0.39 is 6.17 Å². The predicted octanol–water partition coefficient (Wildman–Crippen LogP) is 1.72. The molecule has 1 rings (SSSR count). The Hall–Kier alpha value is -1.33. The van der Waals surface area contributed by atoms with Gasteiger partial charge in [-0.15, -0.1) is 12.4 Å². The molecule has 4 nitrogen and oxygen atoms in total. The first kappa shape index (κ1) is 15.7. The highest BCUT2D eigenvalue weighted by molar-refractivity contribution is 5.85. The van der Waals surface area contributed by atoms with Crippen molar-refractivity contribution in [3.8, 4) is 5.75 Å². The van der Waals surface area contributed by atoms with E-state index in [-0.39, 0.29) is 31.3 Å². The minimum absolute atomic E-state index is 0. The van der Waals surface area contributed by atoms with Crippen LogP contribution < -0.4 is 5.32 Å². The zero-order valence-electron chi connectivity index (χ0n) is 9.47. The number of alkyl halides is 1. The summed E-state index contributed by atoms with van der Waals surface area (Å²) in [6.07, 6.45) is 0.257. The van der Waals surface area contributed by atoms with Crippen LogP contribution in [0.1, 0.15) is 5.56 Å². The Morgan fingerprint density at radius 2 is 2.24 bits per heavy atom. The highest BCUT2D eigenvalue weighted by Gasteiger charge is 2.04. The van der Waals surface area contributed by atoms with E-state index in [0.29, 0.717) is 5.56 Å². The van der Waals surface area contributed by atoms with Crippen LogP contribution in [-0.4, -0.2) is 37.7 Å². The standard InChI is InChI=1S/C11H15FN2O2.ClH/c1-13-7-10(12)8-16-14-6-9-4-2-3-5-11(9)15;/h2-6,10,13,15H,7-8H2,1H3;1H/b14-6+;. The van der Waals surface area contributed by atoms with E-state index in [1.807, 2.05) is 0 Å². The van der Waals surface area contributed by atoms with Crippen molar-refractivity contribution >= 4 is 18.6 Å². The molecule has 0 fully saturated rings. The fourth-order valence-corrected chi connectivity index (χ4v) is 1.10. The molecule has 0 amide bonds. The van der Waals surface area contributed by atoms with Gasteiger partial charge >= 0.3 is 0 Å². The Kier molecular flexibility index (Phi) is 8.09. The lowest BCUT2D eigenvalue weighted by atomic mass is 10.2. The summed E-state index contributed by atoms with van der Waals surface area (Å²) in [7, 11) is 1.66. The molecule has 1 unspecified atom stereocenters. The molecule has 1 aromatic carbocycles. The Balaban J connectivity index is 0.00000256. The summed E-state index contributed by atoms with van der Waals surface area (Å²) in [5.41, 5.74) is 0.534. The highest BCUT2D eigenvalue weighted by Crippen LogP contribution is 2.12. The molecule has 0 radical (unpaired) electrons. The molecule has 0 saturated carbocycles. The van der Waals surface area contributed by atoms with Crippen molar-refractivity contribution in [2.45, 2.75) is 6.17 Å². The maximum atomic E-state index is 12.9. The van der Waals surface area contributed by atoms with Crippen LogP contribution in [0.5, 0.6) is 5.75 Å². The molecule has 2 N–H and O–H groups in total. The average Bonchev–Trinajstić information content (AvgIpc) is 2.27.